The number of amides is 7. The Hall–Kier alpha value is -4.53. The molecule has 0 spiro atoms. The molecule has 1 aromatic carbocycles. The number of nitrogens with zero attached hydrogens (tertiary/aromatic N) is 2. The molecule has 2 aliphatic heterocycles. The zero-order valence-electron chi connectivity index (χ0n) is 33.9. The third-order valence-corrected chi connectivity index (χ3v) is 11.2. The molecule has 2 saturated heterocycles. The van der Waals surface area contributed by atoms with Crippen LogP contribution in [0.25, 0.3) is 0 Å². The van der Waals surface area contributed by atoms with Crippen LogP contribution in [0.5, 0.6) is 0 Å². The van der Waals surface area contributed by atoms with Crippen LogP contribution in [-0.4, -0.2) is 114 Å². The molecular formula is C41H61N7O8. The van der Waals surface area contributed by atoms with Crippen molar-refractivity contribution in [3.05, 3.63) is 35.9 Å². The molecule has 0 aromatic heterocycles. The average Bonchev–Trinajstić information content (AvgIpc) is 3.82. The van der Waals surface area contributed by atoms with Gasteiger partial charge >= 0.3 is 6.03 Å². The molecule has 56 heavy (non-hydrogen) atoms. The van der Waals surface area contributed by atoms with Crippen molar-refractivity contribution in [3.8, 4) is 0 Å². The number of benzene rings is 1. The largest absolute Gasteiger partial charge is 0.370 e. The van der Waals surface area contributed by atoms with Crippen molar-refractivity contribution in [3.63, 3.8) is 0 Å². The zero-order valence-corrected chi connectivity index (χ0v) is 33.9. The van der Waals surface area contributed by atoms with Gasteiger partial charge < -0.3 is 41.1 Å². The molecule has 1 aromatic rings. The molecule has 0 bridgehead atoms. The third-order valence-electron chi connectivity index (χ3n) is 11.2. The van der Waals surface area contributed by atoms with Gasteiger partial charge in [0, 0.05) is 32.1 Å². The summed E-state index contributed by atoms with van der Waals surface area (Å²) in [4.78, 5) is 98.0. The summed E-state index contributed by atoms with van der Waals surface area (Å²) in [5.41, 5.74) is -0.524. The van der Waals surface area contributed by atoms with Gasteiger partial charge in [-0.1, -0.05) is 62.4 Å². The Labute approximate surface area is 330 Å². The van der Waals surface area contributed by atoms with E-state index in [-0.39, 0.29) is 42.5 Å². The zero-order chi connectivity index (χ0) is 40.9. The highest BCUT2D eigenvalue weighted by atomic mass is 16.5. The Balaban J connectivity index is 1.31. The van der Waals surface area contributed by atoms with Gasteiger partial charge in [0.2, 0.25) is 29.4 Å². The molecule has 15 heteroatoms. The predicted molar refractivity (Wildman–Crippen MR) is 208 cm³/mol. The van der Waals surface area contributed by atoms with Crippen LogP contribution < -0.4 is 26.6 Å². The number of likely N-dealkylation sites (tertiary alicyclic amines) is 1. The van der Waals surface area contributed by atoms with Crippen LogP contribution in [0.15, 0.2) is 30.3 Å². The summed E-state index contributed by atoms with van der Waals surface area (Å²) in [5.74, 6) is -4.28. The number of fused-ring (bicyclic) bond motifs is 1. The molecule has 1 unspecified atom stereocenters. The fourth-order valence-electron chi connectivity index (χ4n) is 8.36. The summed E-state index contributed by atoms with van der Waals surface area (Å²) in [7, 11) is 3.14. The molecule has 15 nitrogen and oxygen atoms in total. The van der Waals surface area contributed by atoms with E-state index in [1.807, 2.05) is 34.6 Å². The van der Waals surface area contributed by atoms with E-state index in [4.69, 9.17) is 4.74 Å². The molecule has 2 aliphatic carbocycles. The van der Waals surface area contributed by atoms with Gasteiger partial charge in [-0.3, -0.25) is 28.8 Å². The van der Waals surface area contributed by atoms with Crippen molar-refractivity contribution in [1.29, 1.82) is 0 Å². The lowest BCUT2D eigenvalue weighted by Crippen LogP contribution is -2.61. The van der Waals surface area contributed by atoms with Crippen molar-refractivity contribution in [2.45, 2.75) is 134 Å². The summed E-state index contributed by atoms with van der Waals surface area (Å²) in [6.45, 7) is 9.02. The summed E-state index contributed by atoms with van der Waals surface area (Å²) >= 11 is 0. The Morgan fingerprint density at radius 1 is 0.911 bits per heavy atom. The summed E-state index contributed by atoms with van der Waals surface area (Å²) < 4.78 is 6.34. The smallest absolute Gasteiger partial charge is 0.315 e. The number of ether oxygens (including phenoxy) is 1. The van der Waals surface area contributed by atoms with E-state index in [9.17, 15) is 33.6 Å². The maximum Gasteiger partial charge on any atom is 0.315 e. The van der Waals surface area contributed by atoms with Gasteiger partial charge in [-0.25, -0.2) is 4.79 Å². The number of hydrogen-bond acceptors (Lipinski definition) is 8. The first-order valence-electron chi connectivity index (χ1n) is 20.1. The van der Waals surface area contributed by atoms with E-state index < -0.39 is 77.5 Å². The SMILES string of the molecule is CN(C)C(=O)[C@@H](NC(=O)CNC(=O)C(=O)C(CC1CC1)NC(=O)[C@@H]1[C@H]2CC(C)(C)O[C@H]2CN1C(=O)[C@@H](NC(=O)NC(C)(C)C)C1CCCCC1)c1ccccc1. The first-order valence-corrected chi connectivity index (χ1v) is 20.1. The van der Waals surface area contributed by atoms with Gasteiger partial charge in [-0.15, -0.1) is 0 Å². The van der Waals surface area contributed by atoms with E-state index in [1.165, 1.54) is 9.80 Å². The van der Waals surface area contributed by atoms with E-state index in [0.717, 1.165) is 44.9 Å². The number of ketones is 1. The standard InChI is InChI=1S/C41H61N7O8/c1-40(2,3)46-39(55)45-32(26-16-12-9-13-17-26)38(54)48-23-29-27(21-41(4,5)56-29)33(48)35(51)43-28(20-24-18-19-24)34(50)36(52)42-22-30(49)44-31(37(53)47(6)7)25-14-10-8-11-15-25/h8,10-11,14-15,24,26-29,31-33H,9,12-13,16-23H2,1-7H3,(H,42,52)(H,43,51)(H,44,49)(H2,45,46,55)/t27-,28?,29-,31-,32-,33-/m0/s1. The van der Waals surface area contributed by atoms with E-state index in [1.54, 1.807) is 44.4 Å². The number of rotatable bonds is 14. The van der Waals surface area contributed by atoms with Crippen LogP contribution in [-0.2, 0) is 33.5 Å². The van der Waals surface area contributed by atoms with Crippen LogP contribution in [0.4, 0.5) is 4.79 Å². The highest BCUT2D eigenvalue weighted by Gasteiger charge is 2.56. The average molecular weight is 780 g/mol. The van der Waals surface area contributed by atoms with E-state index in [0.29, 0.717) is 12.0 Å². The fourth-order valence-corrected chi connectivity index (χ4v) is 8.36. The van der Waals surface area contributed by atoms with Crippen LogP contribution in [0, 0.1) is 17.8 Å². The highest BCUT2D eigenvalue weighted by Crippen LogP contribution is 2.44. The molecule has 308 valence electrons. The monoisotopic (exact) mass is 779 g/mol. The van der Waals surface area contributed by atoms with Gasteiger partial charge in [0.25, 0.3) is 5.91 Å². The van der Waals surface area contributed by atoms with Crippen molar-refractivity contribution >= 4 is 41.4 Å². The topological polar surface area (TPSA) is 195 Å². The molecule has 2 heterocycles. The predicted octanol–water partition coefficient (Wildman–Crippen LogP) is 2.34. The van der Waals surface area contributed by atoms with Gasteiger partial charge in [0.15, 0.2) is 0 Å². The lowest BCUT2D eigenvalue weighted by Gasteiger charge is -2.36. The van der Waals surface area contributed by atoms with Crippen LogP contribution in [0.1, 0.15) is 104 Å². The number of carbonyl (C=O) groups is 7. The van der Waals surface area contributed by atoms with Gasteiger partial charge in [0.1, 0.15) is 18.1 Å². The minimum absolute atomic E-state index is 0.113. The van der Waals surface area contributed by atoms with Crippen LogP contribution in [0.2, 0.25) is 0 Å². The number of nitrogens with one attached hydrogen (secondary N) is 5. The van der Waals surface area contributed by atoms with Gasteiger partial charge in [-0.05, 0) is 77.7 Å². The molecular weight excluding hydrogens is 718 g/mol. The fraction of sp³-hybridized carbons (Fsp3) is 0.683. The Morgan fingerprint density at radius 3 is 2.18 bits per heavy atom. The van der Waals surface area contributed by atoms with Gasteiger partial charge in [-0.2, -0.15) is 0 Å². The second-order valence-electron chi connectivity index (χ2n) is 17.9. The summed E-state index contributed by atoms with van der Waals surface area (Å²) in [6.07, 6.45) is 6.41. The van der Waals surface area contributed by atoms with Gasteiger partial charge in [0.05, 0.1) is 24.3 Å². The number of Topliss-reactive ketones (excluding diaryl/α,β-unsaturated/α-hetero) is 1. The lowest BCUT2D eigenvalue weighted by molar-refractivity contribution is -0.145. The van der Waals surface area contributed by atoms with Crippen molar-refractivity contribution in [2.24, 2.45) is 17.8 Å². The van der Waals surface area contributed by atoms with Crippen LogP contribution in [0.3, 0.4) is 0 Å². The molecule has 4 fully saturated rings. The number of carbonyl (C=O) groups excluding carboxylic acids is 7. The number of likely N-dealkylation sites (N-methyl/N-ethyl adjacent to an activating group) is 1. The quantitative estimate of drug-likeness (QED) is 0.178. The second-order valence-corrected chi connectivity index (χ2v) is 17.9. The number of urea groups is 1. The summed E-state index contributed by atoms with van der Waals surface area (Å²) in [5, 5.41) is 13.7. The van der Waals surface area contributed by atoms with Crippen molar-refractivity contribution in [1.82, 2.24) is 36.4 Å². The molecule has 0 radical (unpaired) electrons. The molecule has 7 amide bonds. The molecule has 5 rings (SSSR count). The molecule has 5 N–H and O–H groups in total. The highest BCUT2D eigenvalue weighted by molar-refractivity contribution is 6.38. The van der Waals surface area contributed by atoms with Crippen molar-refractivity contribution in [2.75, 3.05) is 27.2 Å². The van der Waals surface area contributed by atoms with Crippen molar-refractivity contribution < 1.29 is 38.3 Å². The minimum atomic E-state index is -1.19. The molecule has 2 saturated carbocycles. The first kappa shape index (κ1) is 42.6. The Kier molecular flexibility index (Phi) is 13.5. The maximum atomic E-state index is 14.6. The maximum absolute atomic E-state index is 14.6. The Morgan fingerprint density at radius 2 is 1.57 bits per heavy atom. The molecule has 6 atom stereocenters. The Bertz CT molecular complexity index is 1630. The van der Waals surface area contributed by atoms with Crippen LogP contribution >= 0.6 is 0 Å². The second kappa shape index (κ2) is 17.7. The van der Waals surface area contributed by atoms with E-state index >= 15 is 0 Å². The number of hydrogen-bond donors (Lipinski definition) is 5. The lowest BCUT2D eigenvalue weighted by atomic mass is 9.83. The minimum Gasteiger partial charge on any atom is -0.370 e. The third kappa shape index (κ3) is 11.1. The van der Waals surface area contributed by atoms with E-state index in [2.05, 4.69) is 26.6 Å². The molecule has 4 aliphatic rings. The summed E-state index contributed by atoms with van der Waals surface area (Å²) in [6, 6.07) is 4.16. The first-order chi connectivity index (χ1) is 26.3. The normalized spacial score (nSPS) is 23.5.